The van der Waals surface area contributed by atoms with E-state index in [-0.39, 0.29) is 5.91 Å². The Morgan fingerprint density at radius 2 is 2.11 bits per heavy atom. The summed E-state index contributed by atoms with van der Waals surface area (Å²) in [4.78, 5) is 13.9. The van der Waals surface area contributed by atoms with Crippen molar-refractivity contribution in [2.45, 2.75) is 19.4 Å². The highest BCUT2D eigenvalue weighted by Gasteiger charge is 2.39. The second kappa shape index (κ2) is 5.19. The fourth-order valence-electron chi connectivity index (χ4n) is 2.38. The molecule has 0 spiro atoms. The lowest BCUT2D eigenvalue weighted by atomic mass is 10.0. The molecule has 2 rings (SSSR count). The largest absolute Gasteiger partial charge is 0.497 e. The number of carbonyl (C=O) groups is 1. The van der Waals surface area contributed by atoms with Crippen molar-refractivity contribution >= 4 is 5.91 Å². The molecule has 0 fully saturated rings. The molecule has 0 aromatic heterocycles. The van der Waals surface area contributed by atoms with Crippen LogP contribution in [0.2, 0.25) is 0 Å². The van der Waals surface area contributed by atoms with Crippen LogP contribution < -0.4 is 9.47 Å². The molecule has 1 amide bonds. The van der Waals surface area contributed by atoms with Gasteiger partial charge in [0.25, 0.3) is 5.91 Å². The normalized spacial score (nSPS) is 17.1. The van der Waals surface area contributed by atoms with Gasteiger partial charge in [-0.2, -0.15) is 5.26 Å². The highest BCUT2D eigenvalue weighted by Crippen LogP contribution is 2.41. The predicted octanol–water partition coefficient (Wildman–Crippen LogP) is 2.13. The molecule has 1 heterocycles. The van der Waals surface area contributed by atoms with Crippen LogP contribution in [0.25, 0.3) is 0 Å². The van der Waals surface area contributed by atoms with E-state index < -0.39 is 6.04 Å². The third-order valence-electron chi connectivity index (χ3n) is 3.23. The molecule has 0 saturated heterocycles. The summed E-state index contributed by atoms with van der Waals surface area (Å²) in [6.45, 7) is 2.53. The molecular weight excluding hydrogens is 244 g/mol. The number of ether oxygens (including phenoxy) is 2. The smallest absolute Gasteiger partial charge is 0.255 e. The molecular formula is C14H16N2O3. The molecule has 1 aromatic rings. The molecule has 0 bridgehead atoms. The second-order valence-corrected chi connectivity index (χ2v) is 4.32. The Kier molecular flexibility index (Phi) is 3.61. The van der Waals surface area contributed by atoms with Crippen molar-refractivity contribution in [2.24, 2.45) is 0 Å². The average Bonchev–Trinajstić information content (AvgIpc) is 2.71. The number of hydrogen-bond donors (Lipinski definition) is 0. The Bertz CT molecular complexity index is 548. The molecule has 5 heteroatoms. The Balaban J connectivity index is 2.59. The van der Waals surface area contributed by atoms with E-state index in [0.717, 1.165) is 6.42 Å². The molecule has 1 atom stereocenters. The standard InChI is InChI=1S/C14H16N2O3/c1-4-5-16-11(8-15)13-10(14(16)17)6-9(18-2)7-12(13)19-3/h6-7,11H,4-5H2,1-3H3. The number of hydrogen-bond acceptors (Lipinski definition) is 4. The van der Waals surface area contributed by atoms with Gasteiger partial charge in [0.05, 0.1) is 25.9 Å². The third-order valence-corrected chi connectivity index (χ3v) is 3.23. The SMILES string of the molecule is CCCN1C(=O)c2cc(OC)cc(OC)c2C1C#N. The van der Waals surface area contributed by atoms with Gasteiger partial charge in [0.1, 0.15) is 17.5 Å². The molecule has 19 heavy (non-hydrogen) atoms. The first-order chi connectivity index (χ1) is 9.17. The van der Waals surface area contributed by atoms with Gasteiger partial charge in [-0.1, -0.05) is 6.92 Å². The van der Waals surface area contributed by atoms with Crippen LogP contribution in [0.1, 0.15) is 35.3 Å². The van der Waals surface area contributed by atoms with E-state index in [9.17, 15) is 10.1 Å². The molecule has 5 nitrogen and oxygen atoms in total. The van der Waals surface area contributed by atoms with Gasteiger partial charge in [0, 0.05) is 18.2 Å². The predicted molar refractivity (Wildman–Crippen MR) is 69.2 cm³/mol. The van der Waals surface area contributed by atoms with Crippen molar-refractivity contribution in [1.29, 1.82) is 5.26 Å². The van der Waals surface area contributed by atoms with Crippen LogP contribution in [0.5, 0.6) is 11.5 Å². The van der Waals surface area contributed by atoms with Gasteiger partial charge < -0.3 is 14.4 Å². The molecule has 1 aromatic carbocycles. The summed E-state index contributed by atoms with van der Waals surface area (Å²) in [5.74, 6) is 0.937. The summed E-state index contributed by atoms with van der Waals surface area (Å²) in [5.41, 5.74) is 1.14. The van der Waals surface area contributed by atoms with Crippen molar-refractivity contribution in [3.05, 3.63) is 23.3 Å². The van der Waals surface area contributed by atoms with Crippen LogP contribution in [0.3, 0.4) is 0 Å². The summed E-state index contributed by atoms with van der Waals surface area (Å²) >= 11 is 0. The van der Waals surface area contributed by atoms with Crippen molar-refractivity contribution in [2.75, 3.05) is 20.8 Å². The van der Waals surface area contributed by atoms with Gasteiger partial charge in [-0.05, 0) is 12.5 Å². The summed E-state index contributed by atoms with van der Waals surface area (Å²) in [5, 5.41) is 9.34. The van der Waals surface area contributed by atoms with Gasteiger partial charge in [0.15, 0.2) is 0 Å². The zero-order chi connectivity index (χ0) is 14.0. The maximum Gasteiger partial charge on any atom is 0.255 e. The highest BCUT2D eigenvalue weighted by atomic mass is 16.5. The summed E-state index contributed by atoms with van der Waals surface area (Å²) in [6.07, 6.45) is 0.803. The Hall–Kier alpha value is -2.22. The van der Waals surface area contributed by atoms with Gasteiger partial charge in [0.2, 0.25) is 0 Å². The Morgan fingerprint density at radius 3 is 2.63 bits per heavy atom. The third kappa shape index (κ3) is 1.99. The van der Waals surface area contributed by atoms with E-state index in [0.29, 0.717) is 29.2 Å². The lowest BCUT2D eigenvalue weighted by molar-refractivity contribution is 0.0757. The molecule has 0 aliphatic carbocycles. The van der Waals surface area contributed by atoms with Crippen LogP contribution in [0.15, 0.2) is 12.1 Å². The van der Waals surface area contributed by atoms with Gasteiger partial charge >= 0.3 is 0 Å². The van der Waals surface area contributed by atoms with Gasteiger partial charge in [-0.25, -0.2) is 0 Å². The van der Waals surface area contributed by atoms with Crippen LogP contribution >= 0.6 is 0 Å². The maximum atomic E-state index is 12.4. The number of nitriles is 1. The number of methoxy groups -OCH3 is 2. The number of rotatable bonds is 4. The second-order valence-electron chi connectivity index (χ2n) is 4.32. The fraction of sp³-hybridized carbons (Fsp3) is 0.429. The molecule has 0 radical (unpaired) electrons. The van der Waals surface area contributed by atoms with E-state index in [1.165, 1.54) is 14.2 Å². The average molecular weight is 260 g/mol. The van der Waals surface area contributed by atoms with Gasteiger partial charge in [-0.15, -0.1) is 0 Å². The number of nitrogens with zero attached hydrogens (tertiary/aromatic N) is 2. The number of fused-ring (bicyclic) bond motifs is 1. The van der Waals surface area contributed by atoms with Crippen molar-refractivity contribution < 1.29 is 14.3 Å². The van der Waals surface area contributed by atoms with Crippen LogP contribution in [0.4, 0.5) is 0 Å². The lowest BCUT2D eigenvalue weighted by Crippen LogP contribution is -2.28. The lowest BCUT2D eigenvalue weighted by Gasteiger charge is -2.19. The first-order valence-corrected chi connectivity index (χ1v) is 6.14. The molecule has 1 aliphatic heterocycles. The maximum absolute atomic E-state index is 12.4. The molecule has 100 valence electrons. The number of carbonyl (C=O) groups excluding carboxylic acids is 1. The monoisotopic (exact) mass is 260 g/mol. The highest BCUT2D eigenvalue weighted by molar-refractivity contribution is 6.01. The van der Waals surface area contributed by atoms with Crippen molar-refractivity contribution in [3.63, 3.8) is 0 Å². The zero-order valence-corrected chi connectivity index (χ0v) is 11.3. The van der Waals surface area contributed by atoms with Crippen molar-refractivity contribution in [1.82, 2.24) is 4.90 Å². The van der Waals surface area contributed by atoms with Gasteiger partial charge in [-0.3, -0.25) is 4.79 Å². The van der Waals surface area contributed by atoms with E-state index in [2.05, 4.69) is 6.07 Å². The zero-order valence-electron chi connectivity index (χ0n) is 11.3. The van der Waals surface area contributed by atoms with Crippen LogP contribution in [-0.4, -0.2) is 31.6 Å². The molecule has 1 unspecified atom stereocenters. The molecule has 1 aliphatic rings. The first kappa shape index (κ1) is 13.2. The van der Waals surface area contributed by atoms with Crippen molar-refractivity contribution in [3.8, 4) is 17.6 Å². The van der Waals surface area contributed by atoms with E-state index in [1.54, 1.807) is 17.0 Å². The quantitative estimate of drug-likeness (QED) is 0.832. The number of benzene rings is 1. The summed E-state index contributed by atoms with van der Waals surface area (Å²) < 4.78 is 10.5. The fourth-order valence-corrected chi connectivity index (χ4v) is 2.38. The van der Waals surface area contributed by atoms with E-state index in [4.69, 9.17) is 9.47 Å². The Morgan fingerprint density at radius 1 is 1.37 bits per heavy atom. The van der Waals surface area contributed by atoms with Crippen LogP contribution in [0, 0.1) is 11.3 Å². The summed E-state index contributed by atoms with van der Waals surface area (Å²) in [6, 6.07) is 4.97. The van der Waals surface area contributed by atoms with Crippen LogP contribution in [-0.2, 0) is 0 Å². The van der Waals surface area contributed by atoms with E-state index >= 15 is 0 Å². The Labute approximate surface area is 112 Å². The topological polar surface area (TPSA) is 62.6 Å². The minimum Gasteiger partial charge on any atom is -0.497 e. The number of amides is 1. The minimum atomic E-state index is -0.580. The minimum absolute atomic E-state index is 0.138. The molecule has 0 N–H and O–H groups in total. The first-order valence-electron chi connectivity index (χ1n) is 6.14. The molecule has 0 saturated carbocycles. The van der Waals surface area contributed by atoms with E-state index in [1.807, 2.05) is 6.92 Å². The summed E-state index contributed by atoms with van der Waals surface area (Å²) in [7, 11) is 3.06.